The summed E-state index contributed by atoms with van der Waals surface area (Å²) in [6.07, 6.45) is 6.92. The van der Waals surface area contributed by atoms with Gasteiger partial charge >= 0.3 is 6.03 Å². The number of nitrogens with one attached hydrogen (secondary N) is 3. The Bertz CT molecular complexity index is 900. The normalized spacial score (nSPS) is 11.9. The fourth-order valence-corrected chi connectivity index (χ4v) is 3.25. The Balaban J connectivity index is 0. The monoisotopic (exact) mass is 591 g/mol. The lowest BCUT2D eigenvalue weighted by atomic mass is 10.1. The fourth-order valence-electron chi connectivity index (χ4n) is 3.25. The molecule has 3 amide bonds. The van der Waals surface area contributed by atoms with Crippen molar-refractivity contribution in [2.75, 3.05) is 52.6 Å². The highest BCUT2D eigenvalue weighted by atomic mass is 16.5. The van der Waals surface area contributed by atoms with E-state index in [4.69, 9.17) is 16.2 Å². The summed E-state index contributed by atoms with van der Waals surface area (Å²) in [6, 6.07) is 7.24. The van der Waals surface area contributed by atoms with Crippen LogP contribution < -0.4 is 27.4 Å². The largest absolute Gasteiger partial charge is 0.474 e. The number of hydrogen-bond acceptors (Lipinski definition) is 7. The van der Waals surface area contributed by atoms with Gasteiger partial charge in [-0.15, -0.1) is 0 Å². The lowest BCUT2D eigenvalue weighted by Crippen LogP contribution is -2.44. The molecule has 0 radical (unpaired) electrons. The molecule has 1 unspecified atom stereocenters. The number of nitrogens with zero attached hydrogens (tertiary/aromatic N) is 2. The van der Waals surface area contributed by atoms with Gasteiger partial charge in [-0.3, -0.25) is 4.79 Å². The lowest BCUT2D eigenvalue weighted by Gasteiger charge is -2.24. The smallest absolute Gasteiger partial charge is 0.312 e. The van der Waals surface area contributed by atoms with Gasteiger partial charge in [-0.2, -0.15) is 0 Å². The Morgan fingerprint density at radius 2 is 1.55 bits per heavy atom. The van der Waals surface area contributed by atoms with Crippen molar-refractivity contribution in [3.63, 3.8) is 0 Å². The summed E-state index contributed by atoms with van der Waals surface area (Å²) in [4.78, 5) is 26.4. The first-order valence-corrected chi connectivity index (χ1v) is 15.2. The van der Waals surface area contributed by atoms with E-state index >= 15 is 0 Å². The van der Waals surface area contributed by atoms with Gasteiger partial charge in [0.25, 0.3) is 0 Å². The van der Waals surface area contributed by atoms with Crippen LogP contribution in [0.1, 0.15) is 73.3 Å². The second kappa shape index (κ2) is 25.5. The van der Waals surface area contributed by atoms with Crippen molar-refractivity contribution in [3.8, 4) is 0 Å². The molecule has 0 spiro atoms. The van der Waals surface area contributed by atoms with E-state index in [2.05, 4.69) is 85.0 Å². The maximum atomic E-state index is 12.2. The van der Waals surface area contributed by atoms with Crippen LogP contribution in [0.4, 0.5) is 10.5 Å². The molecule has 0 aromatic heterocycles. The van der Waals surface area contributed by atoms with E-state index in [0.717, 1.165) is 55.2 Å². The van der Waals surface area contributed by atoms with Crippen LogP contribution in [0.3, 0.4) is 0 Å². The van der Waals surface area contributed by atoms with Crippen molar-refractivity contribution < 1.29 is 14.3 Å². The molecule has 0 bridgehead atoms. The summed E-state index contributed by atoms with van der Waals surface area (Å²) >= 11 is 0. The van der Waals surface area contributed by atoms with E-state index < -0.39 is 12.1 Å². The quantitative estimate of drug-likeness (QED) is 0.163. The van der Waals surface area contributed by atoms with Gasteiger partial charge in [0.05, 0.1) is 12.6 Å². The van der Waals surface area contributed by atoms with E-state index in [1.165, 1.54) is 0 Å². The van der Waals surface area contributed by atoms with Gasteiger partial charge in [-0.25, -0.2) is 4.79 Å². The SMILES string of the molecule is CC.CC/C=C(\OCc1ccc(N/C(=C/CC)CNC(=O)C(N)C(C)C)cc1)N(C)CCN(C)C.CCCNC(N)=O. The Kier molecular flexibility index (Phi) is 24.8. The Morgan fingerprint density at radius 1 is 0.952 bits per heavy atom. The maximum Gasteiger partial charge on any atom is 0.312 e. The van der Waals surface area contributed by atoms with E-state index in [9.17, 15) is 9.59 Å². The predicted octanol–water partition coefficient (Wildman–Crippen LogP) is 4.84. The summed E-state index contributed by atoms with van der Waals surface area (Å²) < 4.78 is 6.11. The molecule has 0 saturated carbocycles. The molecule has 0 saturated heterocycles. The van der Waals surface area contributed by atoms with E-state index in [1.807, 2.05) is 46.8 Å². The Labute approximate surface area is 256 Å². The highest BCUT2D eigenvalue weighted by Gasteiger charge is 2.17. The fraction of sp³-hybridized carbons (Fsp3) is 0.625. The zero-order valence-electron chi connectivity index (χ0n) is 28.0. The Hall–Kier alpha value is -3.24. The first kappa shape index (κ1) is 40.9. The van der Waals surface area contributed by atoms with Crippen molar-refractivity contribution >= 4 is 17.6 Å². The molecule has 0 aliphatic carbocycles. The van der Waals surface area contributed by atoms with Gasteiger partial charge in [0.1, 0.15) is 6.61 Å². The van der Waals surface area contributed by atoms with Crippen LogP contribution in [-0.4, -0.2) is 75.1 Å². The molecule has 0 fully saturated rings. The summed E-state index contributed by atoms with van der Waals surface area (Å²) in [6.45, 7) is 17.5. The number of hydrogen-bond donors (Lipinski definition) is 5. The lowest BCUT2D eigenvalue weighted by molar-refractivity contribution is -0.123. The zero-order valence-corrected chi connectivity index (χ0v) is 28.0. The molecule has 0 aliphatic heterocycles. The predicted molar refractivity (Wildman–Crippen MR) is 178 cm³/mol. The Morgan fingerprint density at radius 3 is 2.00 bits per heavy atom. The van der Waals surface area contributed by atoms with Gasteiger partial charge in [-0.05, 0) is 63.0 Å². The number of carbonyl (C=O) groups is 2. The number of benzene rings is 1. The number of ether oxygens (including phenoxy) is 1. The summed E-state index contributed by atoms with van der Waals surface area (Å²) in [7, 11) is 6.21. The number of allylic oxidation sites excluding steroid dienone is 2. The molecule has 42 heavy (non-hydrogen) atoms. The minimum absolute atomic E-state index is 0.104. The van der Waals surface area contributed by atoms with Crippen molar-refractivity contribution in [1.82, 2.24) is 20.4 Å². The van der Waals surface area contributed by atoms with Crippen LogP contribution >= 0.6 is 0 Å². The molecule has 1 aromatic rings. The van der Waals surface area contributed by atoms with E-state index in [-0.39, 0.29) is 11.8 Å². The van der Waals surface area contributed by atoms with Crippen LogP contribution in [0.5, 0.6) is 0 Å². The van der Waals surface area contributed by atoms with Gasteiger partial charge in [0.2, 0.25) is 5.91 Å². The van der Waals surface area contributed by atoms with Crippen molar-refractivity contribution in [3.05, 3.63) is 53.6 Å². The summed E-state index contributed by atoms with van der Waals surface area (Å²) in [5, 5.41) is 8.76. The molecule has 0 heterocycles. The number of rotatable bonds is 17. The minimum atomic E-state index is -0.499. The topological polar surface area (TPSA) is 138 Å². The minimum Gasteiger partial charge on any atom is -0.474 e. The van der Waals surface area contributed by atoms with Crippen LogP contribution in [0.2, 0.25) is 0 Å². The van der Waals surface area contributed by atoms with Crippen molar-refractivity contribution in [2.24, 2.45) is 17.4 Å². The summed E-state index contributed by atoms with van der Waals surface area (Å²) in [5.74, 6) is 0.879. The molecule has 1 rings (SSSR count). The average molecular weight is 592 g/mol. The molecule has 7 N–H and O–H groups in total. The number of primary amides is 1. The van der Waals surface area contributed by atoms with Crippen LogP contribution in [0.25, 0.3) is 0 Å². The van der Waals surface area contributed by atoms with Crippen LogP contribution in [0, 0.1) is 5.92 Å². The number of anilines is 1. The maximum absolute atomic E-state index is 12.2. The molecule has 10 nitrogen and oxygen atoms in total. The summed E-state index contributed by atoms with van der Waals surface area (Å²) in [5.41, 5.74) is 13.7. The van der Waals surface area contributed by atoms with Gasteiger partial charge in [0.15, 0.2) is 5.88 Å². The van der Waals surface area contributed by atoms with E-state index in [0.29, 0.717) is 19.7 Å². The van der Waals surface area contributed by atoms with Gasteiger partial charge in [-0.1, -0.05) is 66.7 Å². The molecular weight excluding hydrogens is 530 g/mol. The van der Waals surface area contributed by atoms with Crippen LogP contribution in [-0.2, 0) is 16.1 Å². The third-order valence-corrected chi connectivity index (χ3v) is 5.76. The third kappa shape index (κ3) is 20.6. The highest BCUT2D eigenvalue weighted by Crippen LogP contribution is 2.15. The number of urea groups is 1. The van der Waals surface area contributed by atoms with Gasteiger partial charge in [0, 0.05) is 38.1 Å². The first-order valence-electron chi connectivity index (χ1n) is 15.2. The standard InChI is InChI=1S/C26H45N5O2.C4H10N2O.C2H6/c1-8-10-23(18-28-26(32)25(27)20(3)4)29-22-14-12-21(13-15-22)19-33-24(11-9-2)31(7)17-16-30(5)6;1-2-3-6-4(5)7;1-2/h10-15,20,25,29H,8-9,16-19,27H2,1-7H3,(H,28,32);2-3H2,1H3,(H3,5,6,7);1-2H3/b23-10+,24-11-;;. The number of amides is 3. The number of nitrogens with two attached hydrogens (primary N) is 2. The number of likely N-dealkylation sites (N-methyl/N-ethyl adjacent to an activating group) is 2. The van der Waals surface area contributed by atoms with Crippen molar-refractivity contribution in [1.29, 1.82) is 0 Å². The second-order valence-corrected chi connectivity index (χ2v) is 10.2. The van der Waals surface area contributed by atoms with Crippen molar-refractivity contribution in [2.45, 2.75) is 80.4 Å². The molecule has 0 aliphatic rings. The molecule has 242 valence electrons. The number of carbonyl (C=O) groups excluding carboxylic acids is 2. The second-order valence-electron chi connectivity index (χ2n) is 10.2. The molecule has 10 heteroatoms. The van der Waals surface area contributed by atoms with Crippen LogP contribution in [0.15, 0.2) is 48.0 Å². The molecule has 1 atom stereocenters. The van der Waals surface area contributed by atoms with E-state index in [1.54, 1.807) is 0 Å². The highest BCUT2D eigenvalue weighted by molar-refractivity contribution is 5.82. The van der Waals surface area contributed by atoms with Gasteiger partial charge < -0.3 is 42.0 Å². The molecule has 1 aromatic carbocycles. The third-order valence-electron chi connectivity index (χ3n) is 5.76. The first-order chi connectivity index (χ1) is 19.9. The molecular formula is C32H61N7O3. The average Bonchev–Trinajstić information content (AvgIpc) is 2.97. The zero-order chi connectivity index (χ0) is 32.5.